The van der Waals surface area contributed by atoms with Crippen LogP contribution < -0.4 is 5.73 Å². The normalized spacial score (nSPS) is 9.00. The summed E-state index contributed by atoms with van der Waals surface area (Å²) < 4.78 is 0. The molecule has 1 heterocycles. The van der Waals surface area contributed by atoms with Crippen LogP contribution in [0.15, 0.2) is 6.20 Å². The molecule has 5 nitrogen and oxygen atoms in total. The molecule has 0 amide bonds. The molecule has 0 spiro atoms. The number of carboxylic acids is 1. The van der Waals surface area contributed by atoms with E-state index in [1.54, 1.807) is 0 Å². The van der Waals surface area contributed by atoms with Gasteiger partial charge in [-0.2, -0.15) is 5.10 Å². The molecule has 0 saturated heterocycles. The van der Waals surface area contributed by atoms with Gasteiger partial charge in [-0.15, -0.1) is 0 Å². The van der Waals surface area contributed by atoms with E-state index in [4.69, 9.17) is 10.8 Å². The highest BCUT2D eigenvalue weighted by Gasteiger charge is 2.09. The van der Waals surface area contributed by atoms with Gasteiger partial charge >= 0.3 is 5.97 Å². The zero-order valence-electron chi connectivity index (χ0n) is 6.87. The van der Waals surface area contributed by atoms with E-state index < -0.39 is 5.97 Å². The number of hydrogen-bond acceptors (Lipinski definition) is 3. The average Bonchev–Trinajstić information content (AvgIpc) is 2.53. The molecule has 0 fully saturated rings. The van der Waals surface area contributed by atoms with E-state index in [1.807, 2.05) is 0 Å². The Bertz CT molecular complexity index is 359. The molecule has 1 aromatic heterocycles. The maximum atomic E-state index is 10.6. The third-order valence-electron chi connectivity index (χ3n) is 1.35. The van der Waals surface area contributed by atoms with E-state index in [1.165, 1.54) is 6.20 Å². The van der Waals surface area contributed by atoms with Crippen LogP contribution in [0.3, 0.4) is 0 Å². The molecular weight excluding hydrogens is 170 g/mol. The van der Waals surface area contributed by atoms with Crippen LogP contribution in [0.5, 0.6) is 0 Å². The van der Waals surface area contributed by atoms with Crippen molar-refractivity contribution >= 4 is 5.97 Å². The van der Waals surface area contributed by atoms with Crippen molar-refractivity contribution in [1.82, 2.24) is 10.2 Å². The summed E-state index contributed by atoms with van der Waals surface area (Å²) in [5.41, 5.74) is 5.63. The van der Waals surface area contributed by atoms with Crippen LogP contribution in [0.25, 0.3) is 0 Å². The Balaban J connectivity index is 2.84. The number of carboxylic acid groups (broad SMARTS) is 1. The van der Waals surface area contributed by atoms with Gasteiger partial charge in [0, 0.05) is 13.0 Å². The molecular formula is C8H9N3O2. The van der Waals surface area contributed by atoms with Gasteiger partial charge in [0.05, 0.1) is 11.8 Å². The summed E-state index contributed by atoms with van der Waals surface area (Å²) in [4.78, 5) is 10.6. The molecule has 0 radical (unpaired) electrons. The van der Waals surface area contributed by atoms with E-state index in [0.717, 1.165) is 0 Å². The highest BCUT2D eigenvalue weighted by Crippen LogP contribution is 2.01. The molecule has 0 aromatic carbocycles. The first kappa shape index (κ1) is 9.29. The summed E-state index contributed by atoms with van der Waals surface area (Å²) in [6, 6.07) is 0. The summed E-state index contributed by atoms with van der Waals surface area (Å²) in [7, 11) is 0. The Hall–Kier alpha value is -1.80. The molecule has 4 N–H and O–H groups in total. The predicted molar refractivity (Wildman–Crippen MR) is 46.1 cm³/mol. The zero-order chi connectivity index (χ0) is 9.68. The largest absolute Gasteiger partial charge is 0.476 e. The number of nitrogens with two attached hydrogens (primary N) is 1. The summed E-state index contributed by atoms with van der Waals surface area (Å²) in [5.74, 6) is 4.34. The van der Waals surface area contributed by atoms with Gasteiger partial charge in [-0.1, -0.05) is 11.8 Å². The molecule has 0 aliphatic heterocycles. The number of nitrogens with one attached hydrogen (secondary N) is 1. The van der Waals surface area contributed by atoms with Crippen molar-refractivity contribution in [2.45, 2.75) is 6.42 Å². The molecule has 68 valence electrons. The van der Waals surface area contributed by atoms with Crippen molar-refractivity contribution in [2.24, 2.45) is 5.73 Å². The van der Waals surface area contributed by atoms with Crippen molar-refractivity contribution in [3.8, 4) is 11.8 Å². The summed E-state index contributed by atoms with van der Waals surface area (Å²) >= 11 is 0. The first-order valence-corrected chi connectivity index (χ1v) is 3.71. The summed E-state index contributed by atoms with van der Waals surface area (Å²) in [5, 5.41) is 14.6. The number of nitrogens with zero attached hydrogens (tertiary/aromatic N) is 1. The third kappa shape index (κ3) is 2.32. The maximum absolute atomic E-state index is 10.6. The molecule has 0 atom stereocenters. The van der Waals surface area contributed by atoms with Crippen LogP contribution in [0, 0.1) is 11.8 Å². The summed E-state index contributed by atoms with van der Waals surface area (Å²) in [6.45, 7) is 0.466. The van der Waals surface area contributed by atoms with Crippen LogP contribution in [0.1, 0.15) is 22.5 Å². The van der Waals surface area contributed by atoms with Crippen LogP contribution in [-0.4, -0.2) is 27.8 Å². The average molecular weight is 179 g/mol. The highest BCUT2D eigenvalue weighted by molar-refractivity contribution is 5.88. The Labute approximate surface area is 74.9 Å². The van der Waals surface area contributed by atoms with Crippen LogP contribution in [0.4, 0.5) is 0 Å². The van der Waals surface area contributed by atoms with E-state index in [-0.39, 0.29) is 5.69 Å². The zero-order valence-corrected chi connectivity index (χ0v) is 6.87. The number of carbonyl (C=O) groups is 1. The number of aromatic carboxylic acids is 1. The lowest BCUT2D eigenvalue weighted by Crippen LogP contribution is -1.99. The summed E-state index contributed by atoms with van der Waals surface area (Å²) in [6.07, 6.45) is 1.93. The smallest absolute Gasteiger partial charge is 0.355 e. The Morgan fingerprint density at radius 1 is 1.77 bits per heavy atom. The maximum Gasteiger partial charge on any atom is 0.355 e. The molecule has 0 unspecified atom stereocenters. The fraction of sp³-hybridized carbons (Fsp3) is 0.250. The lowest BCUT2D eigenvalue weighted by atomic mass is 10.2. The van der Waals surface area contributed by atoms with Gasteiger partial charge in [0.1, 0.15) is 0 Å². The van der Waals surface area contributed by atoms with Gasteiger partial charge in [0.15, 0.2) is 5.69 Å². The Kier molecular flexibility index (Phi) is 3.06. The molecule has 1 rings (SSSR count). The van der Waals surface area contributed by atoms with Gasteiger partial charge in [0.25, 0.3) is 0 Å². The standard InChI is InChI=1S/C8H9N3O2/c9-4-2-1-3-6-5-10-11-7(6)8(12)13/h5H,2,4,9H2,(H,10,11)(H,12,13). The number of hydrogen-bond donors (Lipinski definition) is 3. The first-order chi connectivity index (χ1) is 6.25. The second-order valence-electron chi connectivity index (χ2n) is 2.30. The van der Waals surface area contributed by atoms with Crippen molar-refractivity contribution in [3.05, 3.63) is 17.5 Å². The fourth-order valence-corrected chi connectivity index (χ4v) is 0.774. The Morgan fingerprint density at radius 3 is 3.15 bits per heavy atom. The third-order valence-corrected chi connectivity index (χ3v) is 1.35. The lowest BCUT2D eigenvalue weighted by Gasteiger charge is -1.86. The van der Waals surface area contributed by atoms with E-state index >= 15 is 0 Å². The molecule has 0 saturated carbocycles. The minimum atomic E-state index is -1.06. The molecule has 5 heteroatoms. The van der Waals surface area contributed by atoms with E-state index in [9.17, 15) is 4.79 Å². The molecule has 1 aromatic rings. The second-order valence-corrected chi connectivity index (χ2v) is 2.30. The van der Waals surface area contributed by atoms with E-state index in [2.05, 4.69) is 22.0 Å². The van der Waals surface area contributed by atoms with Gasteiger partial charge in [-0.3, -0.25) is 5.10 Å². The van der Waals surface area contributed by atoms with Crippen molar-refractivity contribution in [3.63, 3.8) is 0 Å². The van der Waals surface area contributed by atoms with Crippen molar-refractivity contribution < 1.29 is 9.90 Å². The number of aromatic amines is 1. The lowest BCUT2D eigenvalue weighted by molar-refractivity contribution is 0.0690. The molecule has 0 aliphatic rings. The van der Waals surface area contributed by atoms with Gasteiger partial charge in [-0.25, -0.2) is 4.79 Å². The second kappa shape index (κ2) is 4.28. The highest BCUT2D eigenvalue weighted by atomic mass is 16.4. The minimum absolute atomic E-state index is 0.0181. The van der Waals surface area contributed by atoms with Crippen molar-refractivity contribution in [2.75, 3.05) is 6.54 Å². The fourth-order valence-electron chi connectivity index (χ4n) is 0.774. The SMILES string of the molecule is NCCC#Cc1cn[nH]c1C(=O)O. The monoisotopic (exact) mass is 179 g/mol. The molecule has 13 heavy (non-hydrogen) atoms. The topological polar surface area (TPSA) is 92.0 Å². The number of rotatable bonds is 2. The molecule has 0 bridgehead atoms. The van der Waals surface area contributed by atoms with Crippen molar-refractivity contribution in [1.29, 1.82) is 0 Å². The number of H-pyrrole nitrogens is 1. The first-order valence-electron chi connectivity index (χ1n) is 3.71. The Morgan fingerprint density at radius 2 is 2.54 bits per heavy atom. The minimum Gasteiger partial charge on any atom is -0.476 e. The van der Waals surface area contributed by atoms with E-state index in [0.29, 0.717) is 18.5 Å². The van der Waals surface area contributed by atoms with Gasteiger partial charge in [-0.05, 0) is 0 Å². The molecule has 0 aliphatic carbocycles. The number of aromatic nitrogens is 2. The van der Waals surface area contributed by atoms with Crippen LogP contribution in [-0.2, 0) is 0 Å². The van der Waals surface area contributed by atoms with Gasteiger partial charge in [0.2, 0.25) is 0 Å². The quantitative estimate of drug-likeness (QED) is 0.548. The predicted octanol–water partition coefficient (Wildman–Crippen LogP) is -0.192. The van der Waals surface area contributed by atoms with Crippen LogP contribution >= 0.6 is 0 Å². The van der Waals surface area contributed by atoms with Gasteiger partial charge < -0.3 is 10.8 Å². The van der Waals surface area contributed by atoms with Crippen LogP contribution in [0.2, 0.25) is 0 Å².